The highest BCUT2D eigenvalue weighted by Crippen LogP contribution is 2.23. The SMILES string of the molecule is COC(=O)[C@@H]1C[C@H](O)CN1Cc1csc(Cc2ccccc2)n1. The van der Waals surface area contributed by atoms with E-state index in [4.69, 9.17) is 4.74 Å². The minimum atomic E-state index is -0.485. The molecule has 1 fully saturated rings. The zero-order valence-electron chi connectivity index (χ0n) is 13.0. The number of aliphatic hydroxyl groups excluding tert-OH is 1. The molecule has 2 aromatic rings. The first kappa shape index (κ1) is 16.1. The Labute approximate surface area is 139 Å². The van der Waals surface area contributed by atoms with Gasteiger partial charge in [-0.3, -0.25) is 9.69 Å². The molecule has 122 valence electrons. The van der Waals surface area contributed by atoms with Gasteiger partial charge in [0.1, 0.15) is 6.04 Å². The summed E-state index contributed by atoms with van der Waals surface area (Å²) in [6.45, 7) is 1.04. The lowest BCUT2D eigenvalue weighted by Gasteiger charge is -2.20. The summed E-state index contributed by atoms with van der Waals surface area (Å²) in [5, 5.41) is 12.9. The fraction of sp³-hybridized carbons (Fsp3) is 0.412. The third kappa shape index (κ3) is 3.96. The molecule has 1 aromatic carbocycles. The smallest absolute Gasteiger partial charge is 0.323 e. The van der Waals surface area contributed by atoms with Gasteiger partial charge in [0.25, 0.3) is 0 Å². The lowest BCUT2D eigenvalue weighted by Crippen LogP contribution is -2.36. The van der Waals surface area contributed by atoms with E-state index in [0.29, 0.717) is 19.5 Å². The first-order chi connectivity index (χ1) is 11.2. The van der Waals surface area contributed by atoms with Gasteiger partial charge in [-0.15, -0.1) is 11.3 Å². The second-order valence-corrected chi connectivity index (χ2v) is 6.70. The molecule has 2 heterocycles. The van der Waals surface area contributed by atoms with Crippen molar-refractivity contribution in [2.45, 2.75) is 31.5 Å². The number of aromatic nitrogens is 1. The van der Waals surface area contributed by atoms with Crippen molar-refractivity contribution in [2.24, 2.45) is 0 Å². The fourth-order valence-electron chi connectivity index (χ4n) is 2.92. The second kappa shape index (κ2) is 7.21. The van der Waals surface area contributed by atoms with Crippen LogP contribution in [0.1, 0.15) is 22.7 Å². The van der Waals surface area contributed by atoms with E-state index in [0.717, 1.165) is 17.1 Å². The zero-order valence-corrected chi connectivity index (χ0v) is 13.8. The molecule has 0 unspecified atom stereocenters. The van der Waals surface area contributed by atoms with E-state index in [1.807, 2.05) is 28.5 Å². The van der Waals surface area contributed by atoms with Crippen molar-refractivity contribution in [3.05, 3.63) is 52.0 Å². The van der Waals surface area contributed by atoms with Crippen molar-refractivity contribution < 1.29 is 14.6 Å². The molecule has 0 aliphatic carbocycles. The summed E-state index contributed by atoms with van der Waals surface area (Å²) >= 11 is 1.63. The van der Waals surface area contributed by atoms with Gasteiger partial charge in [-0.1, -0.05) is 30.3 Å². The number of benzene rings is 1. The van der Waals surface area contributed by atoms with Crippen LogP contribution in [0, 0.1) is 0 Å². The fourth-order valence-corrected chi connectivity index (χ4v) is 3.74. The van der Waals surface area contributed by atoms with E-state index >= 15 is 0 Å². The Kier molecular flexibility index (Phi) is 5.05. The lowest BCUT2D eigenvalue weighted by molar-refractivity contribution is -0.146. The van der Waals surface area contributed by atoms with Crippen molar-refractivity contribution in [3.63, 3.8) is 0 Å². The number of esters is 1. The maximum Gasteiger partial charge on any atom is 0.323 e. The number of β-amino-alcohol motifs (C(OH)–C–C–N with tert-alkyl or cyclic N) is 1. The van der Waals surface area contributed by atoms with E-state index in [-0.39, 0.29) is 12.0 Å². The van der Waals surface area contributed by atoms with Crippen LogP contribution in [0.25, 0.3) is 0 Å². The number of likely N-dealkylation sites (tertiary alicyclic amines) is 1. The van der Waals surface area contributed by atoms with Crippen LogP contribution in [0.3, 0.4) is 0 Å². The number of ether oxygens (including phenoxy) is 1. The van der Waals surface area contributed by atoms with Crippen LogP contribution in [-0.2, 0) is 22.5 Å². The van der Waals surface area contributed by atoms with Crippen LogP contribution in [0.5, 0.6) is 0 Å². The van der Waals surface area contributed by atoms with E-state index < -0.39 is 6.10 Å². The average Bonchev–Trinajstić information content (AvgIpc) is 3.14. The van der Waals surface area contributed by atoms with E-state index in [1.54, 1.807) is 11.3 Å². The number of hydrogen-bond acceptors (Lipinski definition) is 6. The zero-order chi connectivity index (χ0) is 16.2. The molecule has 1 aliphatic rings. The minimum Gasteiger partial charge on any atom is -0.468 e. The number of carbonyl (C=O) groups excluding carboxylic acids is 1. The molecule has 3 rings (SSSR count). The van der Waals surface area contributed by atoms with Crippen molar-refractivity contribution in [1.29, 1.82) is 0 Å². The van der Waals surface area contributed by atoms with Gasteiger partial charge in [0.2, 0.25) is 0 Å². The minimum absolute atomic E-state index is 0.290. The van der Waals surface area contributed by atoms with Crippen molar-refractivity contribution >= 4 is 17.3 Å². The molecule has 5 nitrogen and oxygen atoms in total. The predicted octanol–water partition coefficient (Wildman–Crippen LogP) is 1.84. The summed E-state index contributed by atoms with van der Waals surface area (Å²) in [6.07, 6.45) is 0.754. The van der Waals surface area contributed by atoms with Crippen LogP contribution in [0.15, 0.2) is 35.7 Å². The molecule has 6 heteroatoms. The van der Waals surface area contributed by atoms with Crippen molar-refractivity contribution in [3.8, 4) is 0 Å². The van der Waals surface area contributed by atoms with Gasteiger partial charge in [0, 0.05) is 31.3 Å². The maximum atomic E-state index is 11.8. The molecule has 1 aromatic heterocycles. The van der Waals surface area contributed by atoms with Gasteiger partial charge < -0.3 is 9.84 Å². The first-order valence-electron chi connectivity index (χ1n) is 7.63. The van der Waals surface area contributed by atoms with E-state index in [1.165, 1.54) is 12.7 Å². The summed E-state index contributed by atoms with van der Waals surface area (Å²) in [5.41, 5.74) is 2.17. The highest BCUT2D eigenvalue weighted by Gasteiger charge is 2.36. The lowest BCUT2D eigenvalue weighted by atomic mass is 10.2. The molecule has 1 N–H and O–H groups in total. The number of thiazole rings is 1. The third-order valence-electron chi connectivity index (χ3n) is 4.02. The molecule has 2 atom stereocenters. The number of hydrogen-bond donors (Lipinski definition) is 1. The molecule has 0 spiro atoms. The molecular formula is C17H20N2O3S. The highest BCUT2D eigenvalue weighted by atomic mass is 32.1. The quantitative estimate of drug-likeness (QED) is 0.847. The van der Waals surface area contributed by atoms with Crippen LogP contribution in [0.2, 0.25) is 0 Å². The summed E-state index contributed by atoms with van der Waals surface area (Å²) < 4.78 is 4.83. The first-order valence-corrected chi connectivity index (χ1v) is 8.51. The van der Waals surface area contributed by atoms with Gasteiger partial charge in [-0.2, -0.15) is 0 Å². The Hall–Kier alpha value is -1.76. The molecule has 0 bridgehead atoms. The Morgan fingerprint density at radius 2 is 2.22 bits per heavy atom. The van der Waals surface area contributed by atoms with Crippen LogP contribution >= 0.6 is 11.3 Å². The molecule has 0 amide bonds. The van der Waals surface area contributed by atoms with Crippen LogP contribution < -0.4 is 0 Å². The number of carbonyl (C=O) groups is 1. The van der Waals surface area contributed by atoms with Crippen LogP contribution in [-0.4, -0.2) is 46.8 Å². The van der Waals surface area contributed by atoms with Gasteiger partial charge >= 0.3 is 5.97 Å². The highest BCUT2D eigenvalue weighted by molar-refractivity contribution is 7.09. The Morgan fingerprint density at radius 1 is 1.43 bits per heavy atom. The summed E-state index contributed by atoms with van der Waals surface area (Å²) in [7, 11) is 1.38. The van der Waals surface area contributed by atoms with Gasteiger partial charge in [-0.05, 0) is 5.56 Å². The maximum absolute atomic E-state index is 11.8. The van der Waals surface area contributed by atoms with Gasteiger partial charge in [-0.25, -0.2) is 4.98 Å². The number of methoxy groups -OCH3 is 1. The standard InChI is InChI=1S/C17H20N2O3S/c1-22-17(21)15-8-14(20)10-19(15)9-13-11-23-16(18-13)7-12-5-3-2-4-6-12/h2-6,11,14-15,20H,7-10H2,1H3/t14-,15-/m0/s1. The molecule has 1 saturated heterocycles. The normalized spacial score (nSPS) is 21.5. The Morgan fingerprint density at radius 3 is 2.96 bits per heavy atom. The molecular weight excluding hydrogens is 312 g/mol. The van der Waals surface area contributed by atoms with E-state index in [9.17, 15) is 9.90 Å². The van der Waals surface area contributed by atoms with Gasteiger partial charge in [0.15, 0.2) is 0 Å². The Bertz CT molecular complexity index is 659. The van der Waals surface area contributed by atoms with Crippen molar-refractivity contribution in [1.82, 2.24) is 9.88 Å². The predicted molar refractivity (Wildman–Crippen MR) is 88.2 cm³/mol. The average molecular weight is 332 g/mol. The number of aliphatic hydroxyl groups is 1. The largest absolute Gasteiger partial charge is 0.468 e. The van der Waals surface area contributed by atoms with Gasteiger partial charge in [0.05, 0.1) is 23.9 Å². The topological polar surface area (TPSA) is 62.7 Å². The summed E-state index contributed by atoms with van der Waals surface area (Å²) in [5.74, 6) is -0.290. The monoisotopic (exact) mass is 332 g/mol. The molecule has 23 heavy (non-hydrogen) atoms. The van der Waals surface area contributed by atoms with E-state index in [2.05, 4.69) is 17.1 Å². The number of rotatable bonds is 5. The number of nitrogens with zero attached hydrogens (tertiary/aromatic N) is 2. The Balaban J connectivity index is 1.65. The molecule has 0 radical (unpaired) electrons. The summed E-state index contributed by atoms with van der Waals surface area (Å²) in [4.78, 5) is 18.4. The molecule has 0 saturated carbocycles. The van der Waals surface area contributed by atoms with Crippen molar-refractivity contribution in [2.75, 3.05) is 13.7 Å². The third-order valence-corrected chi connectivity index (χ3v) is 4.91. The molecule has 1 aliphatic heterocycles. The second-order valence-electron chi connectivity index (χ2n) is 5.75. The summed E-state index contributed by atoms with van der Waals surface area (Å²) in [6, 6.07) is 9.85. The van der Waals surface area contributed by atoms with Crippen LogP contribution in [0.4, 0.5) is 0 Å².